The molecule has 1 aromatic heterocycles. The van der Waals surface area contributed by atoms with E-state index in [2.05, 4.69) is 193 Å². The third kappa shape index (κ3) is 6.98. The maximum Gasteiger partial charge on any atom is 0.264 e. The smallest absolute Gasteiger partial charge is 0.264 e. The highest BCUT2D eigenvalue weighted by Gasteiger charge is 2.50. The maximum absolute atomic E-state index is 9.67. The highest BCUT2D eigenvalue weighted by atomic mass is 32.1. The monoisotopic (exact) mass is 958 g/mol. The Morgan fingerprint density at radius 3 is 1.52 bits per heavy atom. The van der Waals surface area contributed by atoms with Gasteiger partial charge in [-0.05, 0) is 199 Å². The molecule has 0 N–H and O–H groups in total. The van der Waals surface area contributed by atoms with E-state index in [9.17, 15) is 2.74 Å². The number of fused-ring (bicyclic) bond motifs is 9. The molecule has 2 aliphatic heterocycles. The van der Waals surface area contributed by atoms with Crippen molar-refractivity contribution in [3.8, 4) is 11.1 Å². The first-order valence-corrected chi connectivity index (χ1v) is 27.5. The van der Waals surface area contributed by atoms with E-state index >= 15 is 0 Å². The van der Waals surface area contributed by atoms with Crippen molar-refractivity contribution in [1.82, 2.24) is 0 Å². The molecule has 6 aromatic carbocycles. The van der Waals surface area contributed by atoms with E-state index in [-0.39, 0.29) is 80.4 Å². The molecule has 5 aliphatic rings. The molecule has 0 saturated carbocycles. The van der Waals surface area contributed by atoms with Gasteiger partial charge < -0.3 is 9.80 Å². The Morgan fingerprint density at radius 1 is 0.521 bits per heavy atom. The molecule has 71 heavy (non-hydrogen) atoms. The van der Waals surface area contributed by atoms with Gasteiger partial charge in [0.15, 0.2) is 0 Å². The van der Waals surface area contributed by atoms with Crippen LogP contribution in [0.5, 0.6) is 0 Å². The largest absolute Gasteiger partial charge is 0.311 e. The highest BCUT2D eigenvalue weighted by molar-refractivity contribution is 7.33. The van der Waals surface area contributed by atoms with Gasteiger partial charge in [-0.25, -0.2) is 0 Å². The summed E-state index contributed by atoms with van der Waals surface area (Å²) in [6, 6.07) is 27.7. The van der Waals surface area contributed by atoms with Crippen molar-refractivity contribution in [3.63, 3.8) is 0 Å². The maximum atomic E-state index is 9.67. The summed E-state index contributed by atoms with van der Waals surface area (Å²) < 4.78 is 49.0. The van der Waals surface area contributed by atoms with Crippen LogP contribution in [0.15, 0.2) is 103 Å². The van der Waals surface area contributed by atoms with Crippen LogP contribution in [0.3, 0.4) is 0 Å². The van der Waals surface area contributed by atoms with Gasteiger partial charge in [0.25, 0.3) is 6.71 Å². The van der Waals surface area contributed by atoms with Crippen LogP contribution < -0.4 is 25.5 Å². The van der Waals surface area contributed by atoms with Crippen LogP contribution >= 0.6 is 11.3 Å². The van der Waals surface area contributed by atoms with Gasteiger partial charge in [0, 0.05) is 43.2 Å². The zero-order chi connectivity index (χ0) is 54.7. The summed E-state index contributed by atoms with van der Waals surface area (Å²) in [5, 5.41) is 1.31. The van der Waals surface area contributed by atoms with Crippen molar-refractivity contribution in [1.29, 1.82) is 0 Å². The van der Waals surface area contributed by atoms with Gasteiger partial charge >= 0.3 is 0 Å². The molecular formula is C67H77BN2S. The van der Waals surface area contributed by atoms with Gasteiger partial charge in [-0.3, -0.25) is 0 Å². The predicted octanol–water partition coefficient (Wildman–Crippen LogP) is 17.3. The van der Waals surface area contributed by atoms with E-state index in [0.717, 1.165) is 72.5 Å². The molecule has 0 fully saturated rings. The molecule has 364 valence electrons. The number of rotatable bonds is 3. The number of hydrogen-bond acceptors (Lipinski definition) is 3. The van der Waals surface area contributed by atoms with Crippen LogP contribution in [-0.4, -0.2) is 6.71 Å². The molecule has 2 nitrogen and oxygen atoms in total. The van der Waals surface area contributed by atoms with Crippen molar-refractivity contribution in [3.05, 3.63) is 148 Å². The first-order chi connectivity index (χ1) is 35.3. The molecule has 0 atom stereocenters. The molecule has 0 radical (unpaired) electrons. The Bertz CT molecular complexity index is 3650. The van der Waals surface area contributed by atoms with Crippen molar-refractivity contribution in [2.45, 2.75) is 187 Å². The fraction of sp³-hybridized carbons (Fsp3) is 0.433. The zero-order valence-electron chi connectivity index (χ0n) is 50.6. The molecule has 4 heteroatoms. The minimum atomic E-state index is -0.377. The molecular weight excluding hydrogens is 876 g/mol. The number of thiophene rings is 1. The highest BCUT2D eigenvalue weighted by Crippen LogP contribution is 2.57. The summed E-state index contributed by atoms with van der Waals surface area (Å²) in [5.41, 5.74) is 20.0. The Hall–Kier alpha value is -5.06. The number of benzene rings is 6. The van der Waals surface area contributed by atoms with Crippen molar-refractivity contribution >= 4 is 78.0 Å². The van der Waals surface area contributed by atoms with E-state index in [1.54, 1.807) is 0 Å². The summed E-state index contributed by atoms with van der Waals surface area (Å²) in [4.78, 5) is 5.09. The average Bonchev–Trinajstić information content (AvgIpc) is 3.73. The van der Waals surface area contributed by atoms with Crippen molar-refractivity contribution in [2.75, 3.05) is 9.80 Å². The normalized spacial score (nSPS) is 21.4. The second-order valence-electron chi connectivity index (χ2n) is 27.5. The first kappa shape index (κ1) is 41.4. The van der Waals surface area contributed by atoms with E-state index in [4.69, 9.17) is 4.11 Å². The topological polar surface area (TPSA) is 6.48 Å². The molecule has 3 heterocycles. The van der Waals surface area contributed by atoms with Crippen LogP contribution in [-0.2, 0) is 37.9 Å². The van der Waals surface area contributed by atoms with Crippen LogP contribution in [0.4, 0.5) is 34.1 Å². The minimum absolute atomic E-state index is 0.0198. The van der Waals surface area contributed by atoms with E-state index in [1.165, 1.54) is 70.4 Å². The molecule has 0 saturated heterocycles. The number of aryl methyl sites for hydroxylation is 1. The predicted molar refractivity (Wildman–Crippen MR) is 311 cm³/mol. The van der Waals surface area contributed by atoms with Gasteiger partial charge in [-0.1, -0.05) is 152 Å². The average molecular weight is 958 g/mol. The standard InChI is InChI=1S/C67H77BN2S/c1-40-32-55-58-56(33-40)70(53-37-49-46(62(5,6)26-29-65(49,11)12)34-44(53)41-20-18-17-19-21-41)54-38-50-48(64(9,10)28-30-66(50,13)14)36-52(54)68(58)60-59(69(55)43-24-22-42(23-25-43)61(2,3)4)45-35-47-51(39-57(45)71-60)67(15,16)31-27-63(47,7)8/h17-25,32-39H,26-31H2,1-16H3/i17D,18D,19D,20D,21D. The zero-order valence-corrected chi connectivity index (χ0v) is 46.4. The second kappa shape index (κ2) is 15.0. The lowest BCUT2D eigenvalue weighted by atomic mass is 9.35. The van der Waals surface area contributed by atoms with Gasteiger partial charge in [0.2, 0.25) is 0 Å². The van der Waals surface area contributed by atoms with Gasteiger partial charge in [-0.2, -0.15) is 0 Å². The van der Waals surface area contributed by atoms with Crippen LogP contribution in [0, 0.1) is 6.92 Å². The molecule has 3 aliphatic carbocycles. The fourth-order valence-corrected chi connectivity index (χ4v) is 15.1. The summed E-state index contributed by atoms with van der Waals surface area (Å²) in [6.45, 7) is 37.8. The van der Waals surface area contributed by atoms with E-state index < -0.39 is 0 Å². The number of hydrogen-bond donors (Lipinski definition) is 0. The fourth-order valence-electron chi connectivity index (χ4n) is 13.7. The second-order valence-corrected chi connectivity index (χ2v) is 28.6. The van der Waals surface area contributed by atoms with Crippen LogP contribution in [0.25, 0.3) is 21.2 Å². The Morgan fingerprint density at radius 2 is 0.986 bits per heavy atom. The lowest BCUT2D eigenvalue weighted by Gasteiger charge is -2.48. The molecule has 0 unspecified atom stereocenters. The Balaban J connectivity index is 1.26. The lowest BCUT2D eigenvalue weighted by molar-refractivity contribution is 0.332. The van der Waals surface area contributed by atoms with E-state index in [1.807, 2.05) is 11.3 Å². The molecule has 0 amide bonds. The number of nitrogens with zero attached hydrogens (tertiary/aromatic N) is 2. The molecule has 0 bridgehead atoms. The molecule has 12 rings (SSSR count). The number of anilines is 6. The first-order valence-electron chi connectivity index (χ1n) is 29.2. The summed E-state index contributed by atoms with van der Waals surface area (Å²) in [5.74, 6) is 0. The van der Waals surface area contributed by atoms with Crippen molar-refractivity contribution in [2.24, 2.45) is 0 Å². The summed E-state index contributed by atoms with van der Waals surface area (Å²) >= 11 is 1.98. The summed E-state index contributed by atoms with van der Waals surface area (Å²) in [7, 11) is 0. The summed E-state index contributed by atoms with van der Waals surface area (Å²) in [6.07, 6.45) is 6.41. The van der Waals surface area contributed by atoms with Crippen molar-refractivity contribution < 1.29 is 6.85 Å². The van der Waals surface area contributed by atoms with Gasteiger partial charge in [0.1, 0.15) is 0 Å². The quantitative estimate of drug-likeness (QED) is 0.163. The van der Waals surface area contributed by atoms with Gasteiger partial charge in [0.05, 0.1) is 18.2 Å². The molecule has 7 aromatic rings. The van der Waals surface area contributed by atoms with Gasteiger partial charge in [-0.15, -0.1) is 11.3 Å². The van der Waals surface area contributed by atoms with Crippen LogP contribution in [0.1, 0.15) is 194 Å². The minimum Gasteiger partial charge on any atom is -0.311 e. The Labute approximate surface area is 438 Å². The SMILES string of the molecule is [2H]c1c([2H])c([2H])c(-c2cc3c(cc2N2c4cc5c(cc4B4c6sc7cc8c(cc7c6N(c6ccc(C(C)(C)C)cc6)c6cc(C)cc2c64)C(C)(C)CCC8(C)C)C(C)(C)CCC5(C)C)C(C)(C)CCC3(C)C)c([2H])c1[2H]. The third-order valence-electron chi connectivity index (χ3n) is 18.7. The third-order valence-corrected chi connectivity index (χ3v) is 19.9. The Kier molecular flexibility index (Phi) is 8.77. The van der Waals surface area contributed by atoms with E-state index in [0.29, 0.717) is 5.56 Å². The molecule has 0 spiro atoms. The lowest BCUT2D eigenvalue weighted by Crippen LogP contribution is -2.61. The van der Waals surface area contributed by atoms with Crippen LogP contribution in [0.2, 0.25) is 0 Å².